The molecule has 2 heterocycles. The second kappa shape index (κ2) is 7.05. The number of aromatic nitrogens is 1. The van der Waals surface area contributed by atoms with Gasteiger partial charge in [0.1, 0.15) is 4.90 Å². The Morgan fingerprint density at radius 1 is 1.48 bits per heavy atom. The third-order valence-electron chi connectivity index (χ3n) is 3.82. The summed E-state index contributed by atoms with van der Waals surface area (Å²) in [7, 11) is -2.48. The molecular weight excluding hydrogens is 322 g/mol. The van der Waals surface area contributed by atoms with Crippen LogP contribution in [0.25, 0.3) is 0 Å². The molecule has 1 atom stereocenters. The molecule has 1 aliphatic rings. The Kier molecular flexibility index (Phi) is 5.32. The number of carbonyl (C=O) groups excluding carboxylic acids is 1. The molecule has 1 saturated heterocycles. The van der Waals surface area contributed by atoms with E-state index in [1.807, 2.05) is 0 Å². The number of nitrogens with zero attached hydrogens (tertiary/aromatic N) is 3. The van der Waals surface area contributed by atoms with E-state index in [9.17, 15) is 18.0 Å². The highest BCUT2D eigenvalue weighted by molar-refractivity contribution is 7.89. The number of carbonyl (C=O) groups is 2. The number of piperidine rings is 1. The maximum Gasteiger partial charge on any atom is 0.308 e. The Morgan fingerprint density at radius 3 is 2.83 bits per heavy atom. The van der Waals surface area contributed by atoms with E-state index in [-0.39, 0.29) is 18.0 Å². The Labute approximate surface area is 134 Å². The molecule has 0 saturated carbocycles. The molecule has 1 amide bonds. The minimum Gasteiger partial charge on any atom is -0.481 e. The summed E-state index contributed by atoms with van der Waals surface area (Å²) in [6, 6.07) is 2.91. The number of carboxylic acid groups (broad SMARTS) is 1. The Bertz CT molecular complexity index is 677. The van der Waals surface area contributed by atoms with E-state index in [1.165, 1.54) is 36.5 Å². The minimum atomic E-state index is -3.80. The van der Waals surface area contributed by atoms with Gasteiger partial charge in [0.25, 0.3) is 0 Å². The van der Waals surface area contributed by atoms with Crippen molar-refractivity contribution in [2.24, 2.45) is 5.92 Å². The normalized spacial score (nSPS) is 18.9. The van der Waals surface area contributed by atoms with Crippen molar-refractivity contribution in [1.29, 1.82) is 0 Å². The van der Waals surface area contributed by atoms with E-state index in [2.05, 4.69) is 4.98 Å². The van der Waals surface area contributed by atoms with E-state index in [0.29, 0.717) is 19.4 Å². The second-order valence-electron chi connectivity index (χ2n) is 5.47. The first-order valence-corrected chi connectivity index (χ1v) is 8.63. The fraction of sp³-hybridized carbons (Fsp3) is 0.500. The van der Waals surface area contributed by atoms with Crippen molar-refractivity contribution in [2.75, 3.05) is 26.7 Å². The molecule has 9 heteroatoms. The maximum absolute atomic E-state index is 12.3. The van der Waals surface area contributed by atoms with Gasteiger partial charge < -0.3 is 10.0 Å². The van der Waals surface area contributed by atoms with Gasteiger partial charge >= 0.3 is 5.97 Å². The van der Waals surface area contributed by atoms with E-state index >= 15 is 0 Å². The molecule has 1 fully saturated rings. The maximum atomic E-state index is 12.3. The molecule has 1 aromatic rings. The van der Waals surface area contributed by atoms with Gasteiger partial charge in [-0.25, -0.2) is 8.42 Å². The van der Waals surface area contributed by atoms with Gasteiger partial charge in [0, 0.05) is 32.5 Å². The number of likely N-dealkylation sites (tertiary alicyclic amines) is 1. The average Bonchev–Trinajstić information content (AvgIpc) is 2.55. The first-order valence-electron chi connectivity index (χ1n) is 7.19. The smallest absolute Gasteiger partial charge is 0.308 e. The highest BCUT2D eigenvalue weighted by Crippen LogP contribution is 2.18. The first kappa shape index (κ1) is 17.4. The van der Waals surface area contributed by atoms with Crippen molar-refractivity contribution in [3.05, 3.63) is 24.5 Å². The van der Waals surface area contributed by atoms with Gasteiger partial charge in [0.05, 0.1) is 12.5 Å². The zero-order valence-corrected chi connectivity index (χ0v) is 13.6. The van der Waals surface area contributed by atoms with Gasteiger partial charge in [-0.15, -0.1) is 0 Å². The number of aliphatic carboxylic acids is 1. The van der Waals surface area contributed by atoms with Crippen LogP contribution in [0.5, 0.6) is 0 Å². The molecule has 2 rings (SSSR count). The van der Waals surface area contributed by atoms with Crippen molar-refractivity contribution in [2.45, 2.75) is 17.7 Å². The molecule has 23 heavy (non-hydrogen) atoms. The monoisotopic (exact) mass is 341 g/mol. The Morgan fingerprint density at radius 2 is 2.22 bits per heavy atom. The van der Waals surface area contributed by atoms with Crippen molar-refractivity contribution >= 4 is 21.9 Å². The number of hydrogen-bond acceptors (Lipinski definition) is 5. The molecule has 0 spiro atoms. The number of likely N-dealkylation sites (N-methyl/N-ethyl adjacent to an activating group) is 1. The minimum absolute atomic E-state index is 0.0114. The van der Waals surface area contributed by atoms with E-state index < -0.39 is 27.8 Å². The van der Waals surface area contributed by atoms with Crippen LogP contribution in [0.1, 0.15) is 12.8 Å². The molecule has 1 aromatic heterocycles. The molecule has 0 aliphatic carbocycles. The van der Waals surface area contributed by atoms with Crippen LogP contribution in [0.4, 0.5) is 0 Å². The number of amides is 1. The van der Waals surface area contributed by atoms with Crippen LogP contribution in [0.3, 0.4) is 0 Å². The molecule has 126 valence electrons. The van der Waals surface area contributed by atoms with E-state index in [4.69, 9.17) is 5.11 Å². The zero-order valence-electron chi connectivity index (χ0n) is 12.8. The second-order valence-corrected chi connectivity index (χ2v) is 7.51. The zero-order chi connectivity index (χ0) is 17.0. The summed E-state index contributed by atoms with van der Waals surface area (Å²) in [5.74, 6) is -1.92. The SMILES string of the molecule is CN(CC(=O)N1CCC[C@H](C(=O)O)C1)S(=O)(=O)c1cccnc1. The summed E-state index contributed by atoms with van der Waals surface area (Å²) < 4.78 is 25.6. The van der Waals surface area contributed by atoms with Gasteiger partial charge in [-0.05, 0) is 25.0 Å². The summed E-state index contributed by atoms with van der Waals surface area (Å²) in [6.07, 6.45) is 3.81. The number of hydrogen-bond donors (Lipinski definition) is 1. The lowest BCUT2D eigenvalue weighted by Crippen LogP contribution is -2.46. The fourth-order valence-corrected chi connectivity index (χ4v) is 3.55. The lowest BCUT2D eigenvalue weighted by molar-refractivity contribution is -0.145. The van der Waals surface area contributed by atoms with Crippen LogP contribution < -0.4 is 0 Å². The standard InChI is InChI=1S/C14H19N3O5S/c1-16(23(21,22)12-5-2-6-15-8-12)10-13(18)17-7-3-4-11(9-17)14(19)20/h2,5-6,8,11H,3-4,7,9-10H2,1H3,(H,19,20)/t11-/m0/s1. The van der Waals surface area contributed by atoms with Crippen LogP contribution in [0.15, 0.2) is 29.4 Å². The molecular formula is C14H19N3O5S. The highest BCUT2D eigenvalue weighted by atomic mass is 32.2. The molecule has 0 aromatic carbocycles. The predicted octanol–water partition coefficient (Wildman–Crippen LogP) is 0.0253. The summed E-state index contributed by atoms with van der Waals surface area (Å²) in [6.45, 7) is 0.238. The number of carboxylic acids is 1. The number of sulfonamides is 1. The topological polar surface area (TPSA) is 108 Å². The summed E-state index contributed by atoms with van der Waals surface area (Å²) in [4.78, 5) is 28.5. The average molecular weight is 341 g/mol. The van der Waals surface area contributed by atoms with Crippen molar-refractivity contribution < 1.29 is 23.1 Å². The molecule has 0 radical (unpaired) electrons. The van der Waals surface area contributed by atoms with Crippen molar-refractivity contribution in [3.63, 3.8) is 0 Å². The highest BCUT2D eigenvalue weighted by Gasteiger charge is 2.30. The van der Waals surface area contributed by atoms with Crippen LogP contribution in [0, 0.1) is 5.92 Å². The van der Waals surface area contributed by atoms with Crippen molar-refractivity contribution in [3.8, 4) is 0 Å². The number of rotatable bonds is 5. The van der Waals surface area contributed by atoms with Crippen LogP contribution in [-0.4, -0.2) is 66.3 Å². The summed E-state index contributed by atoms with van der Waals surface area (Å²) in [5, 5.41) is 9.05. The van der Waals surface area contributed by atoms with Gasteiger partial charge in [-0.1, -0.05) is 0 Å². The molecule has 8 nitrogen and oxygen atoms in total. The molecule has 1 N–H and O–H groups in total. The van der Waals surface area contributed by atoms with Crippen LogP contribution in [0.2, 0.25) is 0 Å². The van der Waals surface area contributed by atoms with Crippen LogP contribution in [-0.2, 0) is 19.6 Å². The van der Waals surface area contributed by atoms with Gasteiger partial charge in [-0.3, -0.25) is 14.6 Å². The Balaban J connectivity index is 2.03. The number of pyridine rings is 1. The summed E-state index contributed by atoms with van der Waals surface area (Å²) >= 11 is 0. The summed E-state index contributed by atoms with van der Waals surface area (Å²) in [5.41, 5.74) is 0. The molecule has 0 unspecified atom stereocenters. The molecule has 0 bridgehead atoms. The third kappa shape index (κ3) is 4.05. The largest absolute Gasteiger partial charge is 0.481 e. The lowest BCUT2D eigenvalue weighted by Gasteiger charge is -2.31. The van der Waals surface area contributed by atoms with Gasteiger partial charge in [-0.2, -0.15) is 4.31 Å². The van der Waals surface area contributed by atoms with Gasteiger partial charge in [0.2, 0.25) is 15.9 Å². The van der Waals surface area contributed by atoms with Crippen LogP contribution >= 0.6 is 0 Å². The third-order valence-corrected chi connectivity index (χ3v) is 5.61. The Hall–Kier alpha value is -2.00. The van der Waals surface area contributed by atoms with E-state index in [1.54, 1.807) is 0 Å². The van der Waals surface area contributed by atoms with Gasteiger partial charge in [0.15, 0.2) is 0 Å². The molecule has 1 aliphatic heterocycles. The van der Waals surface area contributed by atoms with Crippen molar-refractivity contribution in [1.82, 2.24) is 14.2 Å². The quantitative estimate of drug-likeness (QED) is 0.809. The predicted molar refractivity (Wildman–Crippen MR) is 81.0 cm³/mol. The lowest BCUT2D eigenvalue weighted by atomic mass is 9.98. The first-order chi connectivity index (χ1) is 10.8. The van der Waals surface area contributed by atoms with E-state index in [0.717, 1.165) is 4.31 Å². The fourth-order valence-electron chi connectivity index (χ4n) is 2.46.